The third-order valence-electron chi connectivity index (χ3n) is 3.72. The van der Waals surface area contributed by atoms with Crippen molar-refractivity contribution in [2.75, 3.05) is 18.4 Å². The van der Waals surface area contributed by atoms with Gasteiger partial charge in [0, 0.05) is 31.1 Å². The fraction of sp³-hybridized carbons (Fsp3) is 0.353. The molecule has 2 aromatic heterocycles. The van der Waals surface area contributed by atoms with Crippen molar-refractivity contribution >= 4 is 11.8 Å². The van der Waals surface area contributed by atoms with Crippen molar-refractivity contribution in [1.29, 1.82) is 0 Å². The van der Waals surface area contributed by atoms with Gasteiger partial charge in [-0.1, -0.05) is 0 Å². The number of likely N-dealkylation sites (tertiary alicyclic amines) is 1. The van der Waals surface area contributed by atoms with Crippen LogP contribution in [0.2, 0.25) is 0 Å². The third-order valence-corrected chi connectivity index (χ3v) is 3.72. The van der Waals surface area contributed by atoms with E-state index >= 15 is 0 Å². The van der Waals surface area contributed by atoms with Gasteiger partial charge in [-0.25, -0.2) is 9.78 Å². The summed E-state index contributed by atoms with van der Waals surface area (Å²) < 4.78 is 5.87. The molecule has 1 fully saturated rings. The first-order valence-corrected chi connectivity index (χ1v) is 7.68. The van der Waals surface area contributed by atoms with E-state index in [9.17, 15) is 4.79 Å². The lowest BCUT2D eigenvalue weighted by atomic mass is 10.2. The third kappa shape index (κ3) is 3.97. The van der Waals surface area contributed by atoms with Crippen molar-refractivity contribution in [1.82, 2.24) is 14.9 Å². The maximum atomic E-state index is 12.3. The second-order valence-corrected chi connectivity index (χ2v) is 5.76. The number of ether oxygens (including phenoxy) is 1. The van der Waals surface area contributed by atoms with E-state index in [-0.39, 0.29) is 12.1 Å². The zero-order valence-corrected chi connectivity index (χ0v) is 13.3. The Labute approximate surface area is 135 Å². The fourth-order valence-corrected chi connectivity index (χ4v) is 2.71. The lowest BCUT2D eigenvalue weighted by Crippen LogP contribution is -2.34. The maximum absolute atomic E-state index is 12.3. The lowest BCUT2D eigenvalue weighted by Gasteiger charge is -2.18. The number of carbonyl (C=O) groups is 1. The molecule has 3 rings (SSSR count). The number of hydrogen-bond donors (Lipinski definition) is 1. The number of nitrogens with one attached hydrogen (secondary N) is 1. The second kappa shape index (κ2) is 6.64. The van der Waals surface area contributed by atoms with Gasteiger partial charge in [0.05, 0.1) is 6.54 Å². The minimum Gasteiger partial charge on any atom is -0.488 e. The highest BCUT2D eigenvalue weighted by Crippen LogP contribution is 2.18. The molecule has 6 heteroatoms. The van der Waals surface area contributed by atoms with Crippen molar-refractivity contribution in [2.24, 2.45) is 0 Å². The smallest absolute Gasteiger partial charge is 0.323 e. The van der Waals surface area contributed by atoms with Crippen LogP contribution in [0.5, 0.6) is 5.75 Å². The number of carbonyl (C=O) groups excluding carboxylic acids is 1. The molecular formula is C17H20N4O2. The van der Waals surface area contributed by atoms with Crippen LogP contribution < -0.4 is 10.1 Å². The highest BCUT2D eigenvalue weighted by molar-refractivity contribution is 5.88. The standard InChI is InChI=1S/C17H20N4O2/c1-12-9-13(2)19-16(10-12)20-17(22)21-8-5-15(11-21)23-14-3-6-18-7-4-14/h3-4,6-7,9-10,15H,5,8,11H2,1-2H3,(H,19,20,22). The number of urea groups is 1. The Morgan fingerprint density at radius 1 is 1.30 bits per heavy atom. The Hall–Kier alpha value is -2.63. The number of pyridine rings is 2. The SMILES string of the molecule is Cc1cc(C)nc(NC(=O)N2CCC(Oc3ccncc3)C2)c1. The molecule has 2 amide bonds. The average molecular weight is 312 g/mol. The number of anilines is 1. The first-order valence-electron chi connectivity index (χ1n) is 7.68. The van der Waals surface area contributed by atoms with Gasteiger partial charge in [-0.05, 0) is 43.7 Å². The van der Waals surface area contributed by atoms with E-state index in [0.717, 1.165) is 23.4 Å². The quantitative estimate of drug-likeness (QED) is 0.946. The van der Waals surface area contributed by atoms with Crippen molar-refractivity contribution in [3.05, 3.63) is 47.9 Å². The molecule has 0 radical (unpaired) electrons. The molecule has 1 N–H and O–H groups in total. The first kappa shape index (κ1) is 15.3. The van der Waals surface area contributed by atoms with Crippen LogP contribution in [0.15, 0.2) is 36.7 Å². The summed E-state index contributed by atoms with van der Waals surface area (Å²) in [7, 11) is 0. The number of aromatic nitrogens is 2. The summed E-state index contributed by atoms with van der Waals surface area (Å²) >= 11 is 0. The van der Waals surface area contributed by atoms with Crippen LogP contribution in [0, 0.1) is 13.8 Å². The predicted octanol–water partition coefficient (Wildman–Crippen LogP) is 2.78. The second-order valence-electron chi connectivity index (χ2n) is 5.76. The summed E-state index contributed by atoms with van der Waals surface area (Å²) in [5.74, 6) is 1.37. The molecule has 0 bridgehead atoms. The van der Waals surface area contributed by atoms with Gasteiger partial charge in [0.2, 0.25) is 0 Å². The summed E-state index contributed by atoms with van der Waals surface area (Å²) in [6.07, 6.45) is 4.21. The molecule has 120 valence electrons. The van der Waals surface area contributed by atoms with Crippen molar-refractivity contribution < 1.29 is 9.53 Å². The van der Waals surface area contributed by atoms with E-state index in [1.807, 2.05) is 38.1 Å². The van der Waals surface area contributed by atoms with Crippen molar-refractivity contribution in [3.8, 4) is 5.75 Å². The Morgan fingerprint density at radius 2 is 2.09 bits per heavy atom. The Bertz CT molecular complexity index is 670. The van der Waals surface area contributed by atoms with Crippen LogP contribution in [0.4, 0.5) is 10.6 Å². The Balaban J connectivity index is 1.57. The molecule has 1 aliphatic rings. The Morgan fingerprint density at radius 3 is 2.83 bits per heavy atom. The van der Waals surface area contributed by atoms with Gasteiger partial charge in [0.1, 0.15) is 17.7 Å². The summed E-state index contributed by atoms with van der Waals surface area (Å²) in [5, 5.41) is 2.86. The molecule has 2 aromatic rings. The highest BCUT2D eigenvalue weighted by atomic mass is 16.5. The van der Waals surface area contributed by atoms with Gasteiger partial charge in [0.15, 0.2) is 0 Å². The minimum atomic E-state index is -0.136. The molecule has 1 aliphatic heterocycles. The molecule has 23 heavy (non-hydrogen) atoms. The van der Waals surface area contributed by atoms with E-state index < -0.39 is 0 Å². The Kier molecular flexibility index (Phi) is 4.41. The maximum Gasteiger partial charge on any atom is 0.323 e. The monoisotopic (exact) mass is 312 g/mol. The van der Waals surface area contributed by atoms with Crippen LogP contribution >= 0.6 is 0 Å². The molecule has 0 spiro atoms. The van der Waals surface area contributed by atoms with Gasteiger partial charge in [-0.2, -0.15) is 0 Å². The summed E-state index contributed by atoms with van der Waals surface area (Å²) in [5.41, 5.74) is 1.97. The van der Waals surface area contributed by atoms with E-state index in [1.165, 1.54) is 0 Å². The van der Waals surface area contributed by atoms with Gasteiger partial charge < -0.3 is 9.64 Å². The molecule has 0 aromatic carbocycles. The molecule has 3 heterocycles. The molecule has 1 atom stereocenters. The molecule has 0 saturated carbocycles. The number of nitrogens with zero attached hydrogens (tertiary/aromatic N) is 3. The van der Waals surface area contributed by atoms with E-state index in [0.29, 0.717) is 18.9 Å². The first-order chi connectivity index (χ1) is 11.1. The summed E-state index contributed by atoms with van der Waals surface area (Å²) in [6.45, 7) is 5.14. The van der Waals surface area contributed by atoms with Gasteiger partial charge in [-0.3, -0.25) is 10.3 Å². The fourth-order valence-electron chi connectivity index (χ4n) is 2.71. The van der Waals surface area contributed by atoms with Crippen molar-refractivity contribution in [3.63, 3.8) is 0 Å². The molecule has 1 unspecified atom stereocenters. The number of aryl methyl sites for hydroxylation is 2. The molecular weight excluding hydrogens is 292 g/mol. The zero-order chi connectivity index (χ0) is 16.2. The topological polar surface area (TPSA) is 67.4 Å². The largest absolute Gasteiger partial charge is 0.488 e. The van der Waals surface area contributed by atoms with E-state index in [1.54, 1.807) is 17.3 Å². The van der Waals surface area contributed by atoms with Gasteiger partial charge in [-0.15, -0.1) is 0 Å². The van der Waals surface area contributed by atoms with Gasteiger partial charge >= 0.3 is 6.03 Å². The van der Waals surface area contributed by atoms with Crippen LogP contribution in [0.25, 0.3) is 0 Å². The van der Waals surface area contributed by atoms with Crippen LogP contribution in [-0.4, -0.2) is 40.1 Å². The summed E-state index contributed by atoms with van der Waals surface area (Å²) in [4.78, 5) is 22.4. The number of amides is 2. The van der Waals surface area contributed by atoms with E-state index in [2.05, 4.69) is 15.3 Å². The number of hydrogen-bond acceptors (Lipinski definition) is 4. The molecule has 6 nitrogen and oxygen atoms in total. The lowest BCUT2D eigenvalue weighted by molar-refractivity contribution is 0.194. The summed E-state index contributed by atoms with van der Waals surface area (Å²) in [6, 6.07) is 7.35. The van der Waals surface area contributed by atoms with E-state index in [4.69, 9.17) is 4.74 Å². The minimum absolute atomic E-state index is 0.00959. The van der Waals surface area contributed by atoms with Crippen LogP contribution in [-0.2, 0) is 0 Å². The predicted molar refractivity (Wildman–Crippen MR) is 87.6 cm³/mol. The molecule has 0 aliphatic carbocycles. The average Bonchev–Trinajstić information content (AvgIpc) is 2.96. The zero-order valence-electron chi connectivity index (χ0n) is 13.3. The van der Waals surface area contributed by atoms with Crippen LogP contribution in [0.1, 0.15) is 17.7 Å². The normalized spacial score (nSPS) is 17.1. The number of rotatable bonds is 3. The van der Waals surface area contributed by atoms with Crippen molar-refractivity contribution in [2.45, 2.75) is 26.4 Å². The highest BCUT2D eigenvalue weighted by Gasteiger charge is 2.27. The molecule has 1 saturated heterocycles. The van der Waals surface area contributed by atoms with Crippen LogP contribution in [0.3, 0.4) is 0 Å². The van der Waals surface area contributed by atoms with Gasteiger partial charge in [0.25, 0.3) is 0 Å².